The number of rotatable bonds is 6. The zero-order valence-corrected chi connectivity index (χ0v) is 17.4. The van der Waals surface area contributed by atoms with E-state index in [1.165, 1.54) is 5.56 Å². The number of halogens is 1. The normalized spacial score (nSPS) is 11.0. The van der Waals surface area contributed by atoms with Crippen molar-refractivity contribution >= 4 is 28.5 Å². The molecule has 0 bridgehead atoms. The standard InChI is InChI=1S/C24H23ClN4/c1-3-4-13-26-23-22-20(17-9-11-19(25)12-10-17)14-21(29-24(22)28-15-27-23)18-7-5-16(2)6-8-18/h5-12,14-15H,3-4,13H2,1-2H3,(H,26,27,28,29). The van der Waals surface area contributed by atoms with E-state index in [1.807, 2.05) is 24.3 Å². The number of hydrogen-bond acceptors (Lipinski definition) is 4. The zero-order valence-electron chi connectivity index (χ0n) is 16.6. The minimum absolute atomic E-state index is 0.682. The van der Waals surface area contributed by atoms with Crippen LogP contribution in [0.4, 0.5) is 5.82 Å². The third-order valence-electron chi connectivity index (χ3n) is 4.93. The van der Waals surface area contributed by atoms with Crippen molar-refractivity contribution in [2.75, 3.05) is 11.9 Å². The highest BCUT2D eigenvalue weighted by atomic mass is 35.5. The molecule has 29 heavy (non-hydrogen) atoms. The molecule has 0 aliphatic heterocycles. The van der Waals surface area contributed by atoms with Crippen LogP contribution in [0.1, 0.15) is 25.3 Å². The molecule has 0 aliphatic carbocycles. The number of benzene rings is 2. The van der Waals surface area contributed by atoms with Crippen LogP contribution in [0.3, 0.4) is 0 Å². The van der Waals surface area contributed by atoms with Gasteiger partial charge in [-0.25, -0.2) is 15.0 Å². The lowest BCUT2D eigenvalue weighted by molar-refractivity contribution is 0.831. The maximum atomic E-state index is 6.13. The van der Waals surface area contributed by atoms with Crippen molar-refractivity contribution in [3.63, 3.8) is 0 Å². The van der Waals surface area contributed by atoms with Gasteiger partial charge in [-0.2, -0.15) is 0 Å². The minimum Gasteiger partial charge on any atom is -0.369 e. The molecule has 0 amide bonds. The SMILES string of the molecule is CCCCNc1ncnc2nc(-c3ccc(C)cc3)cc(-c3ccc(Cl)cc3)c12. The summed E-state index contributed by atoms with van der Waals surface area (Å²) >= 11 is 6.13. The van der Waals surface area contributed by atoms with E-state index in [1.54, 1.807) is 6.33 Å². The number of anilines is 1. The summed E-state index contributed by atoms with van der Waals surface area (Å²) in [5.74, 6) is 0.816. The molecule has 0 radical (unpaired) electrons. The summed E-state index contributed by atoms with van der Waals surface area (Å²) in [6.07, 6.45) is 3.78. The van der Waals surface area contributed by atoms with Crippen LogP contribution in [0.2, 0.25) is 5.02 Å². The Balaban J connectivity index is 1.92. The number of aryl methyl sites for hydroxylation is 1. The van der Waals surface area contributed by atoms with Crippen LogP contribution < -0.4 is 5.32 Å². The summed E-state index contributed by atoms with van der Waals surface area (Å²) in [6.45, 7) is 5.12. The Hall–Kier alpha value is -2.98. The average Bonchev–Trinajstić information content (AvgIpc) is 2.74. The molecule has 1 N–H and O–H groups in total. The maximum absolute atomic E-state index is 6.13. The van der Waals surface area contributed by atoms with Crippen molar-refractivity contribution in [2.45, 2.75) is 26.7 Å². The van der Waals surface area contributed by atoms with Crippen molar-refractivity contribution in [3.8, 4) is 22.4 Å². The Morgan fingerprint density at radius 2 is 1.66 bits per heavy atom. The maximum Gasteiger partial charge on any atom is 0.165 e. The monoisotopic (exact) mass is 402 g/mol. The van der Waals surface area contributed by atoms with Gasteiger partial charge in [0.15, 0.2) is 5.65 Å². The molecule has 0 saturated heterocycles. The van der Waals surface area contributed by atoms with E-state index in [4.69, 9.17) is 16.6 Å². The molecule has 2 heterocycles. The third-order valence-corrected chi connectivity index (χ3v) is 5.18. The molecular weight excluding hydrogens is 380 g/mol. The molecule has 0 spiro atoms. The van der Waals surface area contributed by atoms with Crippen molar-refractivity contribution in [2.24, 2.45) is 0 Å². The summed E-state index contributed by atoms with van der Waals surface area (Å²) in [5.41, 5.74) is 5.96. The fourth-order valence-electron chi connectivity index (χ4n) is 3.31. The highest BCUT2D eigenvalue weighted by Gasteiger charge is 2.15. The Labute approximate surface area is 176 Å². The fraction of sp³-hybridized carbons (Fsp3) is 0.208. The molecule has 4 aromatic rings. The third kappa shape index (κ3) is 4.22. The molecule has 4 nitrogen and oxygen atoms in total. The first-order valence-electron chi connectivity index (χ1n) is 9.88. The van der Waals surface area contributed by atoms with Gasteiger partial charge in [-0.05, 0) is 42.7 Å². The molecule has 0 aliphatic rings. The largest absolute Gasteiger partial charge is 0.369 e. The van der Waals surface area contributed by atoms with Crippen LogP contribution >= 0.6 is 11.6 Å². The first-order valence-corrected chi connectivity index (χ1v) is 10.3. The Bertz CT molecular complexity index is 1120. The molecular formula is C24H23ClN4. The molecule has 0 atom stereocenters. The quantitative estimate of drug-likeness (QED) is 0.372. The van der Waals surface area contributed by atoms with Gasteiger partial charge in [0.25, 0.3) is 0 Å². The zero-order chi connectivity index (χ0) is 20.2. The summed E-state index contributed by atoms with van der Waals surface area (Å²) in [6, 6.07) is 18.4. The van der Waals surface area contributed by atoms with Gasteiger partial charge < -0.3 is 5.32 Å². The molecule has 0 fully saturated rings. The van der Waals surface area contributed by atoms with Gasteiger partial charge in [0, 0.05) is 17.1 Å². The average molecular weight is 403 g/mol. The second-order valence-electron chi connectivity index (χ2n) is 7.13. The lowest BCUT2D eigenvalue weighted by Crippen LogP contribution is -2.05. The van der Waals surface area contributed by atoms with Gasteiger partial charge >= 0.3 is 0 Å². The number of nitrogens with zero attached hydrogens (tertiary/aromatic N) is 3. The van der Waals surface area contributed by atoms with Crippen molar-refractivity contribution < 1.29 is 0 Å². The number of hydrogen-bond donors (Lipinski definition) is 1. The van der Waals surface area contributed by atoms with Crippen LogP contribution in [0, 0.1) is 6.92 Å². The molecule has 0 saturated carbocycles. The number of pyridine rings is 1. The van der Waals surface area contributed by atoms with Gasteiger partial charge in [0.2, 0.25) is 0 Å². The topological polar surface area (TPSA) is 50.7 Å². The lowest BCUT2D eigenvalue weighted by Gasteiger charge is -2.14. The Morgan fingerprint density at radius 1 is 0.931 bits per heavy atom. The van der Waals surface area contributed by atoms with Gasteiger partial charge in [0.05, 0.1) is 11.1 Å². The first-order chi connectivity index (χ1) is 14.2. The summed E-state index contributed by atoms with van der Waals surface area (Å²) < 4.78 is 0. The predicted molar refractivity (Wildman–Crippen MR) is 121 cm³/mol. The molecule has 5 heteroatoms. The molecule has 2 aromatic carbocycles. The van der Waals surface area contributed by atoms with Crippen molar-refractivity contribution in [3.05, 3.63) is 71.5 Å². The summed E-state index contributed by atoms with van der Waals surface area (Å²) in [7, 11) is 0. The van der Waals surface area contributed by atoms with E-state index in [0.717, 1.165) is 53.0 Å². The van der Waals surface area contributed by atoms with Gasteiger partial charge in [-0.3, -0.25) is 0 Å². The fourth-order valence-corrected chi connectivity index (χ4v) is 3.44. The van der Waals surface area contributed by atoms with Gasteiger partial charge in [-0.1, -0.05) is 66.9 Å². The van der Waals surface area contributed by atoms with Crippen LogP contribution in [0.15, 0.2) is 60.9 Å². The number of fused-ring (bicyclic) bond motifs is 1. The highest BCUT2D eigenvalue weighted by molar-refractivity contribution is 6.30. The summed E-state index contributed by atoms with van der Waals surface area (Å²) in [4.78, 5) is 13.8. The van der Waals surface area contributed by atoms with Crippen LogP contribution in [-0.4, -0.2) is 21.5 Å². The van der Waals surface area contributed by atoms with Gasteiger partial charge in [-0.15, -0.1) is 0 Å². The molecule has 2 aromatic heterocycles. The molecule has 146 valence electrons. The van der Waals surface area contributed by atoms with Crippen LogP contribution in [0.25, 0.3) is 33.4 Å². The van der Waals surface area contributed by atoms with Crippen molar-refractivity contribution in [1.29, 1.82) is 0 Å². The molecule has 4 rings (SSSR count). The van der Waals surface area contributed by atoms with Crippen LogP contribution in [0.5, 0.6) is 0 Å². The summed E-state index contributed by atoms with van der Waals surface area (Å²) in [5, 5.41) is 5.10. The van der Waals surface area contributed by atoms with Gasteiger partial charge in [0.1, 0.15) is 12.1 Å². The second-order valence-corrected chi connectivity index (χ2v) is 7.57. The van der Waals surface area contributed by atoms with E-state index in [9.17, 15) is 0 Å². The van der Waals surface area contributed by atoms with E-state index >= 15 is 0 Å². The van der Waals surface area contributed by atoms with E-state index in [-0.39, 0.29) is 0 Å². The number of nitrogens with one attached hydrogen (secondary N) is 1. The first kappa shape index (κ1) is 19.3. The number of aromatic nitrogens is 3. The predicted octanol–water partition coefficient (Wildman–Crippen LogP) is 6.53. The van der Waals surface area contributed by atoms with E-state index in [0.29, 0.717) is 10.7 Å². The molecule has 0 unspecified atom stereocenters. The highest BCUT2D eigenvalue weighted by Crippen LogP contribution is 2.35. The van der Waals surface area contributed by atoms with Crippen molar-refractivity contribution in [1.82, 2.24) is 15.0 Å². The van der Waals surface area contributed by atoms with Crippen LogP contribution in [-0.2, 0) is 0 Å². The smallest absolute Gasteiger partial charge is 0.165 e. The minimum atomic E-state index is 0.682. The Kier molecular flexibility index (Phi) is 5.72. The van der Waals surface area contributed by atoms with E-state index < -0.39 is 0 Å². The van der Waals surface area contributed by atoms with E-state index in [2.05, 4.69) is 59.5 Å². The number of unbranched alkanes of at least 4 members (excludes halogenated alkanes) is 1. The lowest BCUT2D eigenvalue weighted by atomic mass is 9.99. The second kappa shape index (κ2) is 8.58. The Morgan fingerprint density at radius 3 is 2.38 bits per heavy atom.